The number of carbonyl (C=O) groups excluding carboxylic acids is 2. The van der Waals surface area contributed by atoms with Crippen molar-refractivity contribution in [3.8, 4) is 11.3 Å². The molecule has 0 radical (unpaired) electrons. The zero-order valence-corrected chi connectivity index (χ0v) is 27.5. The standard InChI is InChI=1S/C35H42N4O3.C2H5NO/c1-3-36(2)22-28-25-13-9-14-27-31(25)39(33(28)34(40)37-17-7-8-18-37)20-10-19-38-29-21-24(35(41)42)15-16-26(29)30(32(27)38)23-11-5-4-6-12-23;1-2(3)4/h9,13-16,21,23H,3-8,10-12,17-20,22H2,1-2H3,(H,41,42);1H3,(H2,3,4). The van der Waals surface area contributed by atoms with Gasteiger partial charge in [-0.2, -0.15) is 0 Å². The molecule has 0 bridgehead atoms. The number of likely N-dealkylation sites (tertiary alicyclic amines) is 1. The van der Waals surface area contributed by atoms with Gasteiger partial charge in [-0.15, -0.1) is 0 Å². The molecule has 2 fully saturated rings. The zero-order valence-electron chi connectivity index (χ0n) is 27.5. The van der Waals surface area contributed by atoms with Crippen LogP contribution >= 0.6 is 0 Å². The van der Waals surface area contributed by atoms with E-state index >= 15 is 0 Å². The van der Waals surface area contributed by atoms with Crippen LogP contribution in [-0.4, -0.2) is 68.5 Å². The van der Waals surface area contributed by atoms with Crippen LogP contribution in [0.4, 0.5) is 0 Å². The smallest absolute Gasteiger partial charge is 0.335 e. The summed E-state index contributed by atoms with van der Waals surface area (Å²) in [6.45, 7) is 8.34. The maximum atomic E-state index is 14.2. The number of fused-ring (bicyclic) bond motifs is 4. The van der Waals surface area contributed by atoms with Gasteiger partial charge in [0.25, 0.3) is 5.91 Å². The number of rotatable bonds is 6. The van der Waals surface area contributed by atoms with E-state index in [4.69, 9.17) is 0 Å². The van der Waals surface area contributed by atoms with E-state index in [0.717, 1.165) is 88.1 Å². The van der Waals surface area contributed by atoms with E-state index < -0.39 is 5.97 Å². The molecule has 244 valence electrons. The summed E-state index contributed by atoms with van der Waals surface area (Å²) in [4.78, 5) is 39.9. The van der Waals surface area contributed by atoms with Gasteiger partial charge in [-0.05, 0) is 69.3 Å². The number of nitrogens with zero attached hydrogens (tertiary/aromatic N) is 4. The van der Waals surface area contributed by atoms with Gasteiger partial charge in [-0.25, -0.2) is 4.79 Å². The maximum absolute atomic E-state index is 14.2. The number of hydrogen-bond acceptors (Lipinski definition) is 4. The first-order chi connectivity index (χ1) is 22.2. The number of hydrogen-bond donors (Lipinski definition) is 2. The van der Waals surface area contributed by atoms with Crippen LogP contribution in [-0.2, 0) is 24.4 Å². The average molecular weight is 626 g/mol. The van der Waals surface area contributed by atoms with E-state index in [1.54, 1.807) is 6.07 Å². The van der Waals surface area contributed by atoms with Gasteiger partial charge in [0.2, 0.25) is 5.91 Å². The Hall–Kier alpha value is -4.11. The first-order valence-corrected chi connectivity index (χ1v) is 17.0. The molecule has 3 aliphatic rings. The molecule has 2 aliphatic heterocycles. The van der Waals surface area contributed by atoms with Crippen molar-refractivity contribution in [2.45, 2.75) is 90.8 Å². The summed E-state index contributed by atoms with van der Waals surface area (Å²) in [6, 6.07) is 12.4. The molecule has 1 aliphatic carbocycles. The van der Waals surface area contributed by atoms with E-state index in [2.05, 4.69) is 62.9 Å². The Morgan fingerprint density at radius 1 is 0.913 bits per heavy atom. The van der Waals surface area contributed by atoms with E-state index in [0.29, 0.717) is 11.5 Å². The van der Waals surface area contributed by atoms with Crippen molar-refractivity contribution in [3.63, 3.8) is 0 Å². The Kier molecular flexibility index (Phi) is 9.22. The van der Waals surface area contributed by atoms with Gasteiger partial charge in [0.05, 0.1) is 16.8 Å². The molecule has 46 heavy (non-hydrogen) atoms. The molecule has 2 aromatic heterocycles. The van der Waals surface area contributed by atoms with Crippen molar-refractivity contribution in [2.24, 2.45) is 5.73 Å². The number of aromatic nitrogens is 2. The van der Waals surface area contributed by atoms with Crippen molar-refractivity contribution in [1.82, 2.24) is 18.9 Å². The zero-order chi connectivity index (χ0) is 32.5. The highest BCUT2D eigenvalue weighted by Crippen LogP contribution is 2.47. The van der Waals surface area contributed by atoms with Crippen LogP contribution in [0, 0.1) is 0 Å². The molecule has 4 heterocycles. The number of primary amides is 1. The SMILES string of the molecule is CC(N)=O.CCN(C)Cc1c(C(=O)N2CCCC2)n2c3c(cccc13)-c1c(C3CCCCC3)c3ccc(C(=O)O)cc3n1CCC2. The topological polar surface area (TPSA) is 114 Å². The number of nitrogens with two attached hydrogens (primary N) is 1. The second-order valence-corrected chi connectivity index (χ2v) is 13.3. The van der Waals surface area contributed by atoms with Crippen molar-refractivity contribution in [2.75, 3.05) is 26.7 Å². The summed E-state index contributed by atoms with van der Waals surface area (Å²) in [6.07, 6.45) is 9.08. The van der Waals surface area contributed by atoms with Crippen LogP contribution in [0.15, 0.2) is 36.4 Å². The first-order valence-electron chi connectivity index (χ1n) is 17.0. The molecule has 0 spiro atoms. The fourth-order valence-corrected chi connectivity index (χ4v) is 7.97. The number of aryl methyl sites for hydroxylation is 2. The molecule has 7 rings (SSSR count). The van der Waals surface area contributed by atoms with Gasteiger partial charge >= 0.3 is 5.97 Å². The van der Waals surface area contributed by atoms with E-state index in [1.165, 1.54) is 59.3 Å². The quantitative estimate of drug-likeness (QED) is 0.251. The lowest BCUT2D eigenvalue weighted by Crippen LogP contribution is -2.31. The minimum absolute atomic E-state index is 0.175. The van der Waals surface area contributed by atoms with Crippen molar-refractivity contribution in [3.05, 3.63) is 58.8 Å². The minimum Gasteiger partial charge on any atom is -0.478 e. The number of carboxylic acid groups (broad SMARTS) is 1. The first kappa shape index (κ1) is 31.9. The summed E-state index contributed by atoms with van der Waals surface area (Å²) >= 11 is 0. The monoisotopic (exact) mass is 625 g/mol. The highest BCUT2D eigenvalue weighted by molar-refractivity contribution is 6.08. The largest absolute Gasteiger partial charge is 0.478 e. The second kappa shape index (κ2) is 13.3. The van der Waals surface area contributed by atoms with Crippen molar-refractivity contribution in [1.29, 1.82) is 0 Å². The number of aromatic carboxylic acids is 1. The van der Waals surface area contributed by atoms with E-state index in [9.17, 15) is 19.5 Å². The number of para-hydroxylation sites is 1. The summed E-state index contributed by atoms with van der Waals surface area (Å²) in [7, 11) is 2.13. The van der Waals surface area contributed by atoms with Gasteiger partial charge in [0.1, 0.15) is 5.69 Å². The number of carbonyl (C=O) groups is 3. The molecule has 2 aromatic carbocycles. The Morgan fingerprint density at radius 3 is 2.28 bits per heavy atom. The average Bonchev–Trinajstić information content (AvgIpc) is 3.76. The lowest BCUT2D eigenvalue weighted by molar-refractivity contribution is -0.115. The highest BCUT2D eigenvalue weighted by atomic mass is 16.4. The predicted octanol–water partition coefficient (Wildman–Crippen LogP) is 6.59. The molecule has 0 unspecified atom stereocenters. The molecule has 1 saturated heterocycles. The summed E-state index contributed by atoms with van der Waals surface area (Å²) in [5.74, 6) is -0.597. The van der Waals surface area contributed by atoms with Gasteiger partial charge in [-0.3, -0.25) is 9.59 Å². The highest BCUT2D eigenvalue weighted by Gasteiger charge is 2.33. The molecule has 3 N–H and O–H groups in total. The molecular weight excluding hydrogens is 578 g/mol. The molecule has 4 aromatic rings. The minimum atomic E-state index is -0.886. The fraction of sp³-hybridized carbons (Fsp3) is 0.486. The van der Waals surface area contributed by atoms with Crippen LogP contribution in [0.1, 0.15) is 103 Å². The fourth-order valence-electron chi connectivity index (χ4n) is 7.97. The summed E-state index contributed by atoms with van der Waals surface area (Å²) in [5.41, 5.74) is 12.8. The number of carboxylic acids is 1. The molecule has 2 amide bonds. The Bertz CT molecular complexity index is 1780. The lowest BCUT2D eigenvalue weighted by atomic mass is 9.81. The summed E-state index contributed by atoms with van der Waals surface area (Å²) < 4.78 is 4.77. The van der Waals surface area contributed by atoms with Gasteiger partial charge < -0.3 is 29.8 Å². The number of amides is 2. The van der Waals surface area contributed by atoms with Crippen molar-refractivity contribution < 1.29 is 19.5 Å². The van der Waals surface area contributed by atoms with Gasteiger partial charge in [0.15, 0.2) is 0 Å². The van der Waals surface area contributed by atoms with Crippen molar-refractivity contribution >= 4 is 39.6 Å². The maximum Gasteiger partial charge on any atom is 0.335 e. The van der Waals surface area contributed by atoms with Crippen LogP contribution in [0.2, 0.25) is 0 Å². The normalized spacial score (nSPS) is 16.7. The summed E-state index contributed by atoms with van der Waals surface area (Å²) in [5, 5.41) is 12.2. The van der Waals surface area contributed by atoms with Crippen LogP contribution in [0.3, 0.4) is 0 Å². The van der Waals surface area contributed by atoms with Gasteiger partial charge in [-0.1, -0.05) is 50.5 Å². The van der Waals surface area contributed by atoms with Gasteiger partial charge in [0, 0.05) is 67.1 Å². The van der Waals surface area contributed by atoms with Crippen LogP contribution < -0.4 is 5.73 Å². The predicted molar refractivity (Wildman–Crippen MR) is 182 cm³/mol. The van der Waals surface area contributed by atoms with E-state index in [-0.39, 0.29) is 11.8 Å². The van der Waals surface area contributed by atoms with Crippen LogP contribution in [0.5, 0.6) is 0 Å². The third-order valence-corrected chi connectivity index (χ3v) is 10.1. The third-order valence-electron chi connectivity index (χ3n) is 10.1. The molecule has 9 nitrogen and oxygen atoms in total. The van der Waals surface area contributed by atoms with Crippen LogP contribution in [0.25, 0.3) is 33.1 Å². The lowest BCUT2D eigenvalue weighted by Gasteiger charge is -2.25. The Labute approximate surface area is 270 Å². The number of benzene rings is 2. The molecule has 1 saturated carbocycles. The Balaban J connectivity index is 0.000000879. The Morgan fingerprint density at radius 2 is 1.61 bits per heavy atom. The second-order valence-electron chi connectivity index (χ2n) is 13.3. The third kappa shape index (κ3) is 5.81. The molecular formula is C37H47N5O4. The molecule has 9 heteroatoms. The molecule has 0 atom stereocenters. The van der Waals surface area contributed by atoms with E-state index in [1.807, 2.05) is 6.07 Å².